The van der Waals surface area contributed by atoms with Gasteiger partial charge in [-0.15, -0.1) is 0 Å². The molecule has 55 heavy (non-hydrogen) atoms. The predicted molar refractivity (Wildman–Crippen MR) is 180 cm³/mol. The number of nitrogens with one attached hydrogen (secondary N) is 3. The van der Waals surface area contributed by atoms with Crippen molar-refractivity contribution in [3.63, 3.8) is 0 Å². The monoisotopic (exact) mass is 837 g/mol. The normalized spacial score (nSPS) is 11.9. The van der Waals surface area contributed by atoms with Crippen LogP contribution < -0.4 is 110 Å². The molecule has 1 aliphatic rings. The van der Waals surface area contributed by atoms with Gasteiger partial charge >= 0.3 is 94.7 Å². The Morgan fingerprint density at radius 1 is 0.600 bits per heavy atom. The summed E-state index contributed by atoms with van der Waals surface area (Å²) in [7, 11) is -14.4. The smallest absolute Gasteiger partial charge is 0.748 e. The molecule has 0 radical (unpaired) electrons. The second kappa shape index (κ2) is 18.9. The van der Waals surface area contributed by atoms with Crippen molar-refractivity contribution in [2.45, 2.75) is 9.79 Å². The van der Waals surface area contributed by atoms with E-state index >= 15 is 0 Å². The summed E-state index contributed by atoms with van der Waals surface area (Å²) in [5.41, 5.74) is 3.93. The molecule has 0 bridgehead atoms. The zero-order valence-electron chi connectivity index (χ0n) is 29.1. The van der Waals surface area contributed by atoms with Gasteiger partial charge in [-0.1, -0.05) is 42.5 Å². The summed E-state index contributed by atoms with van der Waals surface area (Å²) >= 11 is 0. The van der Waals surface area contributed by atoms with Gasteiger partial charge in [-0.2, -0.15) is 15.0 Å². The molecule has 4 aromatic carbocycles. The van der Waals surface area contributed by atoms with Crippen LogP contribution in [0.2, 0.25) is 0 Å². The number of hydrogen-bond donors (Lipinski definition) is 5. The Bertz CT molecular complexity index is 2610. The third kappa shape index (κ3) is 12.0. The second-order valence-corrected chi connectivity index (χ2v) is 14.7. The van der Waals surface area contributed by atoms with Crippen molar-refractivity contribution >= 4 is 82.3 Å². The van der Waals surface area contributed by atoms with Crippen LogP contribution in [0.3, 0.4) is 0 Å². The SMILES string of the molecule is CS(=O)(=O)[O-].Nc1c(S(=O)(=O)[O-])cc(Nc2ccc(Nc3nc(O)nc(Nc4ccccc4)n3)c(S(=O)(=O)[O-])c2)c2c1C(=O)c1ccccc1C2=O.[Na+].[Na+].[Na+]. The molecule has 0 unspecified atom stereocenters. The van der Waals surface area contributed by atoms with Crippen LogP contribution in [0, 0.1) is 0 Å². The van der Waals surface area contributed by atoms with Gasteiger partial charge in [0.1, 0.15) is 20.2 Å². The van der Waals surface area contributed by atoms with Gasteiger partial charge in [-0.3, -0.25) is 9.59 Å². The third-order valence-corrected chi connectivity index (χ3v) is 8.65. The Kier molecular flexibility index (Phi) is 16.6. The van der Waals surface area contributed by atoms with Crippen molar-refractivity contribution in [2.24, 2.45) is 0 Å². The first-order valence-corrected chi connectivity index (χ1v) is 18.8. The maximum atomic E-state index is 13.6. The van der Waals surface area contributed by atoms with Gasteiger partial charge in [-0.25, -0.2) is 25.3 Å². The van der Waals surface area contributed by atoms with E-state index in [1.165, 1.54) is 30.3 Å². The van der Waals surface area contributed by atoms with E-state index in [0.29, 0.717) is 11.9 Å². The first-order chi connectivity index (χ1) is 24.2. The number of nitrogens with zero attached hydrogens (tertiary/aromatic N) is 3. The molecule has 6 N–H and O–H groups in total. The maximum Gasteiger partial charge on any atom is 1.00 e. The van der Waals surface area contributed by atoms with Crippen LogP contribution in [0.5, 0.6) is 6.01 Å². The summed E-state index contributed by atoms with van der Waals surface area (Å²) in [6.07, 6.45) is 0.604. The number of nitrogen functional groups attached to an aromatic ring is 1. The van der Waals surface area contributed by atoms with E-state index in [4.69, 9.17) is 18.7 Å². The number of benzene rings is 4. The van der Waals surface area contributed by atoms with Crippen LogP contribution in [0.25, 0.3) is 0 Å². The predicted octanol–water partition coefficient (Wildman–Crippen LogP) is -6.85. The molecular weight excluding hydrogens is 816 g/mol. The number of para-hydroxylation sites is 1. The molecule has 1 heterocycles. The molecule has 270 valence electrons. The number of ketones is 2. The number of anilines is 7. The minimum atomic E-state index is -5.28. The Morgan fingerprint density at radius 2 is 1.09 bits per heavy atom. The van der Waals surface area contributed by atoms with E-state index in [1.807, 2.05) is 0 Å². The molecule has 0 fully saturated rings. The van der Waals surface area contributed by atoms with Gasteiger partial charge in [0.15, 0.2) is 11.6 Å². The van der Waals surface area contributed by atoms with Gasteiger partial charge in [0, 0.05) is 28.8 Å². The molecule has 0 spiro atoms. The average Bonchev–Trinajstić information content (AvgIpc) is 3.03. The van der Waals surface area contributed by atoms with Crippen molar-refractivity contribution in [2.75, 3.05) is 27.9 Å². The first kappa shape index (κ1) is 48.1. The van der Waals surface area contributed by atoms with Gasteiger partial charge in [-0.05, 0) is 36.4 Å². The number of fused-ring (bicyclic) bond motifs is 2. The van der Waals surface area contributed by atoms with Crippen molar-refractivity contribution in [3.8, 4) is 6.01 Å². The number of nitrogens with two attached hydrogens (primary N) is 1. The molecule has 19 nitrogen and oxygen atoms in total. The molecule has 0 saturated carbocycles. The zero-order valence-corrected chi connectivity index (χ0v) is 37.5. The summed E-state index contributed by atoms with van der Waals surface area (Å²) in [4.78, 5) is 36.6. The van der Waals surface area contributed by atoms with Gasteiger partial charge in [0.25, 0.3) is 0 Å². The number of hydrogen-bond acceptors (Lipinski definition) is 19. The number of rotatable bonds is 8. The van der Waals surface area contributed by atoms with E-state index in [9.17, 15) is 40.6 Å². The number of aromatic nitrogens is 3. The standard InChI is InChI=1S/C29H21N7O9S2.CH4O3S.3Na/c30-24-21(47(43,44)45)13-19(22-23(24)26(38)17-9-5-4-8-16(17)25(22)37)31-15-10-11-18(20(12-15)46(40,41)42)33-28-34-27(35-29(39)36-28)32-14-6-2-1-3-7-14;1-5(2,3)4;;;/h1-13,31H,30H2,(H,40,41,42)(H,43,44,45)(H3,32,33,34,35,36,39);1H3,(H,2,3,4);;;/q;;3*+1/p-3. The molecule has 0 saturated heterocycles. The quantitative estimate of drug-likeness (QED) is 0.0540. The Balaban J connectivity index is 0.00000123. The Hall–Kier alpha value is -3.04. The fraction of sp³-hybridized carbons (Fsp3) is 0.0333. The number of aromatic hydroxyl groups is 1. The van der Waals surface area contributed by atoms with Crippen LogP contribution in [0.15, 0.2) is 88.7 Å². The molecule has 1 aromatic heterocycles. The Morgan fingerprint density at radius 3 is 1.62 bits per heavy atom. The van der Waals surface area contributed by atoms with Gasteiger partial charge in [0.2, 0.25) is 11.9 Å². The largest absolute Gasteiger partial charge is 1.00 e. The van der Waals surface area contributed by atoms with Crippen LogP contribution in [0.1, 0.15) is 31.8 Å². The van der Waals surface area contributed by atoms with Crippen molar-refractivity contribution in [3.05, 3.63) is 101 Å². The van der Waals surface area contributed by atoms with E-state index in [-0.39, 0.29) is 134 Å². The van der Waals surface area contributed by atoms with Crippen molar-refractivity contribution < 1.29 is 142 Å². The topological polar surface area (TPSA) is 327 Å². The maximum absolute atomic E-state index is 13.6. The molecule has 0 amide bonds. The molecule has 1 aliphatic carbocycles. The van der Waals surface area contributed by atoms with Crippen molar-refractivity contribution in [1.82, 2.24) is 15.0 Å². The Labute approximate surface area is 380 Å². The van der Waals surface area contributed by atoms with E-state index in [2.05, 4.69) is 30.9 Å². The van der Waals surface area contributed by atoms with E-state index in [0.717, 1.165) is 18.2 Å². The van der Waals surface area contributed by atoms with E-state index in [1.54, 1.807) is 30.3 Å². The van der Waals surface area contributed by atoms with E-state index < -0.39 is 69.0 Å². The van der Waals surface area contributed by atoms with Crippen molar-refractivity contribution in [1.29, 1.82) is 0 Å². The summed E-state index contributed by atoms with van der Waals surface area (Å²) in [5, 5.41) is 18.0. The minimum Gasteiger partial charge on any atom is -0.748 e. The molecular formula is C30H22N7Na3O12S3. The van der Waals surface area contributed by atoms with Crippen LogP contribution in [-0.4, -0.2) is 76.8 Å². The molecule has 5 aromatic rings. The first-order valence-electron chi connectivity index (χ1n) is 14.1. The van der Waals surface area contributed by atoms with Gasteiger partial charge in [0.05, 0.1) is 48.1 Å². The number of carbonyl (C=O) groups is 2. The molecule has 6 rings (SSSR count). The summed E-state index contributed by atoms with van der Waals surface area (Å²) in [6, 6.07) is 17.6. The van der Waals surface area contributed by atoms with Gasteiger partial charge < -0.3 is 40.4 Å². The van der Waals surface area contributed by atoms with Crippen LogP contribution in [-0.2, 0) is 30.4 Å². The third-order valence-electron chi connectivity index (χ3n) is 6.90. The molecule has 0 atom stereocenters. The summed E-state index contributed by atoms with van der Waals surface area (Å²) in [6.45, 7) is 0. The average molecular weight is 838 g/mol. The summed E-state index contributed by atoms with van der Waals surface area (Å²) in [5.74, 6) is -2.01. The minimum absolute atomic E-state index is 0. The molecule has 0 aliphatic heterocycles. The fourth-order valence-corrected chi connectivity index (χ4v) is 6.21. The fourth-order valence-electron chi connectivity index (χ4n) is 4.91. The number of carbonyl (C=O) groups excluding carboxylic acids is 2. The zero-order chi connectivity index (χ0) is 38.2. The van der Waals surface area contributed by atoms with Crippen LogP contribution >= 0.6 is 0 Å². The van der Waals surface area contributed by atoms with Crippen LogP contribution in [0.4, 0.5) is 40.3 Å². The summed E-state index contributed by atoms with van der Waals surface area (Å²) < 4.78 is 101. The second-order valence-electron chi connectivity index (χ2n) is 10.6. The molecule has 25 heteroatoms.